The summed E-state index contributed by atoms with van der Waals surface area (Å²) >= 11 is 1.71. The third-order valence-corrected chi connectivity index (χ3v) is 2.91. The molecule has 0 aliphatic rings. The van der Waals surface area contributed by atoms with Gasteiger partial charge >= 0.3 is 0 Å². The van der Waals surface area contributed by atoms with Crippen molar-refractivity contribution in [1.82, 2.24) is 15.3 Å². The fourth-order valence-electron chi connectivity index (χ4n) is 1.02. The Morgan fingerprint density at radius 2 is 2.00 bits per heavy atom. The zero-order valence-electron chi connectivity index (χ0n) is 9.66. The first kappa shape index (κ1) is 12.5. The zero-order chi connectivity index (χ0) is 11.1. The predicted octanol–water partition coefficient (Wildman–Crippen LogP) is 2.48. The molecule has 1 aromatic rings. The number of hydrogen-bond acceptors (Lipinski definition) is 4. The highest BCUT2D eigenvalue weighted by atomic mass is 32.2. The Morgan fingerprint density at radius 1 is 1.33 bits per heavy atom. The molecule has 0 amide bonds. The number of hydrogen-bond donors (Lipinski definition) is 1. The molecule has 84 valence electrons. The number of nitrogens with one attached hydrogen (secondary N) is 1. The van der Waals surface area contributed by atoms with E-state index in [1.54, 1.807) is 11.8 Å². The molecule has 0 atom stereocenters. The molecule has 0 aliphatic heterocycles. The SMILES string of the molecule is CCCSc1ncc(CNC(C)C)cn1. The van der Waals surface area contributed by atoms with Crippen molar-refractivity contribution in [2.75, 3.05) is 5.75 Å². The summed E-state index contributed by atoms with van der Waals surface area (Å²) < 4.78 is 0. The maximum atomic E-state index is 4.31. The summed E-state index contributed by atoms with van der Waals surface area (Å²) in [6, 6.07) is 0.499. The van der Waals surface area contributed by atoms with Crippen molar-refractivity contribution in [3.63, 3.8) is 0 Å². The van der Waals surface area contributed by atoms with Gasteiger partial charge in [-0.05, 0) is 6.42 Å². The Bertz CT molecular complexity index is 272. The van der Waals surface area contributed by atoms with E-state index in [1.807, 2.05) is 12.4 Å². The quantitative estimate of drug-likeness (QED) is 0.596. The zero-order valence-corrected chi connectivity index (χ0v) is 10.5. The van der Waals surface area contributed by atoms with Gasteiger partial charge in [-0.15, -0.1) is 0 Å². The second-order valence-electron chi connectivity index (χ2n) is 3.76. The molecule has 1 N–H and O–H groups in total. The van der Waals surface area contributed by atoms with Crippen LogP contribution in [-0.4, -0.2) is 21.8 Å². The first-order valence-electron chi connectivity index (χ1n) is 5.39. The summed E-state index contributed by atoms with van der Waals surface area (Å²) in [5.74, 6) is 1.09. The number of rotatable bonds is 6. The van der Waals surface area contributed by atoms with Gasteiger partial charge in [-0.3, -0.25) is 0 Å². The van der Waals surface area contributed by atoms with E-state index < -0.39 is 0 Å². The molecule has 0 saturated heterocycles. The van der Waals surface area contributed by atoms with Crippen LogP contribution < -0.4 is 5.32 Å². The molecular weight excluding hydrogens is 206 g/mol. The molecule has 0 saturated carbocycles. The lowest BCUT2D eigenvalue weighted by Gasteiger charge is -2.07. The van der Waals surface area contributed by atoms with Gasteiger partial charge in [0.1, 0.15) is 0 Å². The number of nitrogens with zero attached hydrogens (tertiary/aromatic N) is 2. The normalized spacial score (nSPS) is 10.9. The van der Waals surface area contributed by atoms with Gasteiger partial charge in [-0.2, -0.15) is 0 Å². The van der Waals surface area contributed by atoms with E-state index in [-0.39, 0.29) is 0 Å². The average molecular weight is 225 g/mol. The summed E-state index contributed by atoms with van der Waals surface area (Å²) in [7, 11) is 0. The van der Waals surface area contributed by atoms with Gasteiger partial charge in [0.2, 0.25) is 0 Å². The van der Waals surface area contributed by atoms with Crippen LogP contribution in [0.5, 0.6) is 0 Å². The molecule has 0 bridgehead atoms. The van der Waals surface area contributed by atoms with E-state index in [0.29, 0.717) is 6.04 Å². The van der Waals surface area contributed by atoms with Crippen molar-refractivity contribution in [2.24, 2.45) is 0 Å². The van der Waals surface area contributed by atoms with E-state index in [0.717, 1.165) is 29.4 Å². The smallest absolute Gasteiger partial charge is 0.187 e. The molecule has 1 rings (SSSR count). The largest absolute Gasteiger partial charge is 0.310 e. The highest BCUT2D eigenvalue weighted by molar-refractivity contribution is 7.99. The molecule has 3 nitrogen and oxygen atoms in total. The summed E-state index contributed by atoms with van der Waals surface area (Å²) in [5, 5.41) is 4.22. The minimum Gasteiger partial charge on any atom is -0.310 e. The standard InChI is InChI=1S/C11H19N3S/c1-4-5-15-11-13-7-10(8-14-11)6-12-9(2)3/h7-9,12H,4-6H2,1-3H3. The van der Waals surface area contributed by atoms with Gasteiger partial charge < -0.3 is 5.32 Å². The second-order valence-corrected chi connectivity index (χ2v) is 4.82. The van der Waals surface area contributed by atoms with Crippen LogP contribution in [0, 0.1) is 0 Å². The lowest BCUT2D eigenvalue weighted by Crippen LogP contribution is -2.21. The molecule has 0 unspecified atom stereocenters. The molecular formula is C11H19N3S. The first-order valence-corrected chi connectivity index (χ1v) is 6.38. The fraction of sp³-hybridized carbons (Fsp3) is 0.636. The molecule has 15 heavy (non-hydrogen) atoms. The first-order chi connectivity index (χ1) is 7.22. The van der Waals surface area contributed by atoms with Crippen LogP contribution in [0.1, 0.15) is 32.8 Å². The third-order valence-electron chi connectivity index (χ3n) is 1.83. The maximum Gasteiger partial charge on any atom is 0.187 e. The third kappa shape index (κ3) is 5.14. The van der Waals surface area contributed by atoms with Gasteiger partial charge in [0.15, 0.2) is 5.16 Å². The summed E-state index contributed by atoms with van der Waals surface area (Å²) in [6.45, 7) is 7.27. The van der Waals surface area contributed by atoms with Gasteiger partial charge in [0.05, 0.1) is 0 Å². The van der Waals surface area contributed by atoms with E-state index in [2.05, 4.69) is 36.1 Å². The van der Waals surface area contributed by atoms with Crippen LogP contribution in [0.3, 0.4) is 0 Å². The monoisotopic (exact) mass is 225 g/mol. The Hall–Kier alpha value is -0.610. The van der Waals surface area contributed by atoms with Crippen molar-refractivity contribution in [3.05, 3.63) is 18.0 Å². The van der Waals surface area contributed by atoms with Crippen molar-refractivity contribution < 1.29 is 0 Å². The Morgan fingerprint density at radius 3 is 2.53 bits per heavy atom. The maximum absolute atomic E-state index is 4.31. The van der Waals surface area contributed by atoms with Crippen LogP contribution >= 0.6 is 11.8 Å². The highest BCUT2D eigenvalue weighted by Gasteiger charge is 1.98. The molecule has 0 radical (unpaired) electrons. The van der Waals surface area contributed by atoms with Crippen LogP contribution in [0.4, 0.5) is 0 Å². The highest BCUT2D eigenvalue weighted by Crippen LogP contribution is 2.12. The van der Waals surface area contributed by atoms with Crippen LogP contribution in [0.15, 0.2) is 17.6 Å². The van der Waals surface area contributed by atoms with E-state index in [9.17, 15) is 0 Å². The summed E-state index contributed by atoms with van der Waals surface area (Å²) in [4.78, 5) is 8.61. The van der Waals surface area contributed by atoms with E-state index in [1.165, 1.54) is 0 Å². The molecule has 0 aromatic carbocycles. The molecule has 0 spiro atoms. The van der Waals surface area contributed by atoms with Gasteiger partial charge in [-0.25, -0.2) is 9.97 Å². The lowest BCUT2D eigenvalue weighted by molar-refractivity contribution is 0.585. The van der Waals surface area contributed by atoms with Crippen molar-refractivity contribution >= 4 is 11.8 Å². The predicted molar refractivity (Wildman–Crippen MR) is 65.0 cm³/mol. The lowest BCUT2D eigenvalue weighted by atomic mass is 10.3. The van der Waals surface area contributed by atoms with Crippen LogP contribution in [0.25, 0.3) is 0 Å². The Kier molecular flexibility index (Phi) is 5.65. The van der Waals surface area contributed by atoms with Gasteiger partial charge in [-0.1, -0.05) is 32.5 Å². The fourth-order valence-corrected chi connectivity index (χ4v) is 1.67. The summed E-state index contributed by atoms with van der Waals surface area (Å²) in [5.41, 5.74) is 1.14. The van der Waals surface area contributed by atoms with Crippen LogP contribution in [0.2, 0.25) is 0 Å². The minimum absolute atomic E-state index is 0.499. The Balaban J connectivity index is 2.41. The van der Waals surface area contributed by atoms with Gasteiger partial charge in [0, 0.05) is 36.3 Å². The van der Waals surface area contributed by atoms with Gasteiger partial charge in [0.25, 0.3) is 0 Å². The Labute approximate surface area is 96.1 Å². The summed E-state index contributed by atoms with van der Waals surface area (Å²) in [6.07, 6.45) is 4.96. The topological polar surface area (TPSA) is 37.8 Å². The van der Waals surface area contributed by atoms with Crippen LogP contribution in [-0.2, 0) is 6.54 Å². The average Bonchev–Trinajstić information content (AvgIpc) is 2.25. The molecule has 0 fully saturated rings. The number of aromatic nitrogens is 2. The van der Waals surface area contributed by atoms with Crippen molar-refractivity contribution in [3.8, 4) is 0 Å². The van der Waals surface area contributed by atoms with Crippen molar-refractivity contribution in [1.29, 1.82) is 0 Å². The van der Waals surface area contributed by atoms with Crippen molar-refractivity contribution in [2.45, 2.75) is 44.9 Å². The molecule has 4 heteroatoms. The second kappa shape index (κ2) is 6.80. The molecule has 0 aliphatic carbocycles. The number of thioether (sulfide) groups is 1. The molecule has 1 heterocycles. The van der Waals surface area contributed by atoms with E-state index >= 15 is 0 Å². The molecule has 1 aromatic heterocycles. The van der Waals surface area contributed by atoms with E-state index in [4.69, 9.17) is 0 Å². The minimum atomic E-state index is 0.499.